The van der Waals surface area contributed by atoms with Gasteiger partial charge in [0.25, 0.3) is 5.91 Å². The predicted molar refractivity (Wildman–Crippen MR) is 190 cm³/mol. The van der Waals surface area contributed by atoms with Gasteiger partial charge in [-0.1, -0.05) is 43.2 Å². The van der Waals surface area contributed by atoms with Crippen LogP contribution in [0.15, 0.2) is 60.7 Å². The van der Waals surface area contributed by atoms with Crippen molar-refractivity contribution in [3.63, 3.8) is 0 Å². The minimum atomic E-state index is -4.63. The summed E-state index contributed by atoms with van der Waals surface area (Å²) in [7, 11) is 0. The van der Waals surface area contributed by atoms with Crippen molar-refractivity contribution in [1.82, 2.24) is 9.80 Å². The van der Waals surface area contributed by atoms with Crippen LogP contribution in [0, 0.1) is 31.5 Å². The number of hydrogen-bond acceptors (Lipinski definition) is 5. The maximum absolute atomic E-state index is 15.6. The summed E-state index contributed by atoms with van der Waals surface area (Å²) in [6.45, 7) is 8.51. The highest BCUT2D eigenvalue weighted by Gasteiger charge is 2.53. The molecule has 0 spiro atoms. The van der Waals surface area contributed by atoms with E-state index in [4.69, 9.17) is 4.74 Å². The molecule has 2 N–H and O–H groups in total. The Morgan fingerprint density at radius 1 is 0.865 bits per heavy atom. The molecule has 4 unspecified atom stereocenters. The summed E-state index contributed by atoms with van der Waals surface area (Å²) in [5.41, 5.74) is 0.0716. The molecule has 3 aliphatic rings. The smallest absolute Gasteiger partial charge is 0.416 e. The number of halogens is 4. The van der Waals surface area contributed by atoms with Gasteiger partial charge in [-0.05, 0) is 107 Å². The van der Waals surface area contributed by atoms with E-state index in [1.165, 1.54) is 41.0 Å². The molecule has 52 heavy (non-hydrogen) atoms. The van der Waals surface area contributed by atoms with Gasteiger partial charge < -0.3 is 25.2 Å². The van der Waals surface area contributed by atoms with Gasteiger partial charge in [0.1, 0.15) is 11.4 Å². The molecule has 6 rings (SSSR count). The lowest BCUT2D eigenvalue weighted by Crippen LogP contribution is -2.55. The number of fused-ring (bicyclic) bond motifs is 1. The normalized spacial score (nSPS) is 22.2. The number of piperidine rings is 1. The second-order valence-corrected chi connectivity index (χ2v) is 15.4. The summed E-state index contributed by atoms with van der Waals surface area (Å²) in [6, 6.07) is 14.2. The van der Waals surface area contributed by atoms with Gasteiger partial charge in [0.05, 0.1) is 29.1 Å². The molecule has 0 aromatic heterocycles. The number of amides is 3. The zero-order valence-electron chi connectivity index (χ0n) is 30.1. The summed E-state index contributed by atoms with van der Waals surface area (Å²) in [5, 5.41) is 6.26. The molecule has 0 radical (unpaired) electrons. The summed E-state index contributed by atoms with van der Waals surface area (Å²) in [4.78, 5) is 45.6. The van der Waals surface area contributed by atoms with Crippen molar-refractivity contribution < 1.29 is 36.7 Å². The summed E-state index contributed by atoms with van der Waals surface area (Å²) >= 11 is 0. The Balaban J connectivity index is 1.43. The van der Waals surface area contributed by atoms with Crippen LogP contribution in [-0.2, 0) is 15.7 Å². The van der Waals surface area contributed by atoms with Crippen LogP contribution in [0.5, 0.6) is 0 Å². The SMILES string of the molecule is Cc1ccc(NC(=O)C2CC3CN(C(=O)OC(C)(C)C)CC3N(C(=O)c3c(C)cccc3F)C2c2ccc(NC3CCCC3)cc2)cc1C(F)(F)F. The zero-order valence-corrected chi connectivity index (χ0v) is 30.1. The fourth-order valence-electron chi connectivity index (χ4n) is 8.01. The topological polar surface area (TPSA) is 91.0 Å². The van der Waals surface area contributed by atoms with E-state index < -0.39 is 65.0 Å². The monoisotopic (exact) mass is 722 g/mol. The highest BCUT2D eigenvalue weighted by Crippen LogP contribution is 2.47. The molecule has 278 valence electrons. The molecule has 0 bridgehead atoms. The van der Waals surface area contributed by atoms with Gasteiger partial charge in [-0.15, -0.1) is 0 Å². The second kappa shape index (κ2) is 14.4. The Kier molecular flexibility index (Phi) is 10.3. The van der Waals surface area contributed by atoms with Crippen molar-refractivity contribution in [2.24, 2.45) is 11.8 Å². The Bertz CT molecular complexity index is 1800. The lowest BCUT2D eigenvalue weighted by molar-refractivity contribution is -0.138. The first kappa shape index (κ1) is 37.2. The number of aryl methyl sites for hydroxylation is 2. The Morgan fingerprint density at radius 3 is 2.17 bits per heavy atom. The van der Waals surface area contributed by atoms with Gasteiger partial charge in [0, 0.05) is 30.5 Å². The van der Waals surface area contributed by atoms with Crippen LogP contribution in [0.3, 0.4) is 0 Å². The molecule has 2 saturated heterocycles. The molecule has 3 aromatic carbocycles. The summed E-state index contributed by atoms with van der Waals surface area (Å²) in [6.07, 6.45) is -0.580. The van der Waals surface area contributed by atoms with Crippen molar-refractivity contribution in [2.45, 2.75) is 96.6 Å². The molecule has 1 aliphatic carbocycles. The average Bonchev–Trinajstić information content (AvgIpc) is 3.74. The van der Waals surface area contributed by atoms with E-state index in [2.05, 4.69) is 10.6 Å². The van der Waals surface area contributed by atoms with E-state index in [9.17, 15) is 27.6 Å². The van der Waals surface area contributed by atoms with Gasteiger partial charge >= 0.3 is 12.3 Å². The number of alkyl halides is 3. The van der Waals surface area contributed by atoms with Crippen LogP contribution in [0.2, 0.25) is 0 Å². The van der Waals surface area contributed by atoms with Gasteiger partial charge in [0.2, 0.25) is 5.91 Å². The van der Waals surface area contributed by atoms with Gasteiger partial charge in [-0.3, -0.25) is 9.59 Å². The molecule has 2 aliphatic heterocycles. The average molecular weight is 723 g/mol. The third kappa shape index (κ3) is 7.90. The number of anilines is 2. The predicted octanol–water partition coefficient (Wildman–Crippen LogP) is 8.89. The number of hydrogen-bond donors (Lipinski definition) is 2. The van der Waals surface area contributed by atoms with E-state index in [0.717, 1.165) is 37.4 Å². The quantitative estimate of drug-likeness (QED) is 0.248. The van der Waals surface area contributed by atoms with Gasteiger partial charge in [-0.2, -0.15) is 13.2 Å². The van der Waals surface area contributed by atoms with Crippen molar-refractivity contribution in [1.29, 1.82) is 0 Å². The molecule has 4 atom stereocenters. The van der Waals surface area contributed by atoms with E-state index in [1.54, 1.807) is 33.8 Å². The highest BCUT2D eigenvalue weighted by atomic mass is 19.4. The highest BCUT2D eigenvalue weighted by molar-refractivity contribution is 5.98. The van der Waals surface area contributed by atoms with Crippen LogP contribution in [0.1, 0.15) is 91.5 Å². The fourth-order valence-corrected chi connectivity index (χ4v) is 8.01. The number of nitrogens with zero attached hydrogens (tertiary/aromatic N) is 2. The second-order valence-electron chi connectivity index (χ2n) is 15.4. The molecule has 3 aromatic rings. The van der Waals surface area contributed by atoms with Gasteiger partial charge in [0.15, 0.2) is 0 Å². The van der Waals surface area contributed by atoms with Crippen LogP contribution in [-0.4, -0.2) is 58.5 Å². The number of benzene rings is 3. The first-order chi connectivity index (χ1) is 24.5. The molecule has 3 fully saturated rings. The standard InChI is InChI=1S/C40H46F4N4O4/c1-23-13-16-29(20-31(23)40(42,43)44)46-36(49)30-19-26-21-47(38(51)52-39(3,4)5)22-33(26)48(37(50)34-24(2)9-8-12-32(34)41)35(30)25-14-17-28(18-15-25)45-27-10-6-7-11-27/h8-9,12-18,20,26-27,30,33,35,45H,6-7,10-11,19,21-22H2,1-5H3,(H,46,49). The fraction of sp³-hybridized carbons (Fsp3) is 0.475. The summed E-state index contributed by atoms with van der Waals surface area (Å²) < 4.78 is 62.8. The number of rotatable bonds is 6. The minimum absolute atomic E-state index is 0.0143. The largest absolute Gasteiger partial charge is 0.444 e. The molecular formula is C40H46F4N4O4. The number of ether oxygens (including phenoxy) is 1. The lowest BCUT2D eigenvalue weighted by atomic mass is 9.76. The molecular weight excluding hydrogens is 676 g/mol. The molecule has 3 amide bonds. The number of nitrogens with one attached hydrogen (secondary N) is 2. The van der Waals surface area contributed by atoms with Crippen molar-refractivity contribution in [2.75, 3.05) is 23.7 Å². The van der Waals surface area contributed by atoms with Crippen LogP contribution < -0.4 is 10.6 Å². The number of likely N-dealkylation sites (tertiary alicyclic amines) is 2. The van der Waals surface area contributed by atoms with Crippen molar-refractivity contribution >= 4 is 29.3 Å². The maximum atomic E-state index is 15.6. The third-order valence-corrected chi connectivity index (χ3v) is 10.4. The van der Waals surface area contributed by atoms with Crippen molar-refractivity contribution in [3.8, 4) is 0 Å². The maximum Gasteiger partial charge on any atom is 0.416 e. The van der Waals surface area contributed by atoms with Crippen LogP contribution in [0.4, 0.5) is 33.7 Å². The Labute approximate surface area is 301 Å². The molecule has 2 heterocycles. The Morgan fingerprint density at radius 2 is 1.54 bits per heavy atom. The first-order valence-corrected chi connectivity index (χ1v) is 17.9. The van der Waals surface area contributed by atoms with E-state index in [-0.39, 0.29) is 36.3 Å². The van der Waals surface area contributed by atoms with Crippen LogP contribution in [0.25, 0.3) is 0 Å². The minimum Gasteiger partial charge on any atom is -0.444 e. The molecule has 1 saturated carbocycles. The first-order valence-electron chi connectivity index (χ1n) is 17.9. The zero-order chi connectivity index (χ0) is 37.5. The number of carbonyl (C=O) groups excluding carboxylic acids is 3. The number of carbonyl (C=O) groups is 3. The lowest BCUT2D eigenvalue weighted by Gasteiger charge is -2.47. The van der Waals surface area contributed by atoms with E-state index in [0.29, 0.717) is 17.2 Å². The van der Waals surface area contributed by atoms with Crippen molar-refractivity contribution in [3.05, 3.63) is 94.3 Å². The summed E-state index contributed by atoms with van der Waals surface area (Å²) in [5.74, 6) is -3.33. The van der Waals surface area contributed by atoms with E-state index >= 15 is 4.39 Å². The van der Waals surface area contributed by atoms with E-state index in [1.807, 2.05) is 24.3 Å². The third-order valence-electron chi connectivity index (χ3n) is 10.4. The van der Waals surface area contributed by atoms with Crippen LogP contribution >= 0.6 is 0 Å². The molecule has 8 nitrogen and oxygen atoms in total. The molecule has 12 heteroatoms. The Hall–Kier alpha value is -4.61. The van der Waals surface area contributed by atoms with Gasteiger partial charge in [-0.25, -0.2) is 9.18 Å².